The van der Waals surface area contributed by atoms with Crippen LogP contribution in [0.15, 0.2) is 4.99 Å². The summed E-state index contributed by atoms with van der Waals surface area (Å²) in [5, 5.41) is 0. The van der Waals surface area contributed by atoms with Crippen LogP contribution < -0.4 is 5.73 Å². The Morgan fingerprint density at radius 1 is 1.88 bits per heavy atom. The summed E-state index contributed by atoms with van der Waals surface area (Å²) in [5.74, 6) is 0. The van der Waals surface area contributed by atoms with E-state index < -0.39 is 5.54 Å². The van der Waals surface area contributed by atoms with E-state index in [2.05, 4.69) is 4.99 Å². The number of nitrogens with zero attached hydrogens (tertiary/aromatic N) is 1. The number of nitrogens with two attached hydrogens (primary N) is 1. The van der Waals surface area contributed by atoms with Crippen LogP contribution in [0.5, 0.6) is 0 Å². The lowest BCUT2D eigenvalue weighted by atomic mass is 9.95. The zero-order valence-corrected chi connectivity index (χ0v) is 4.60. The van der Waals surface area contributed by atoms with Gasteiger partial charge in [-0.2, -0.15) is 0 Å². The molecule has 1 aliphatic rings. The Hall–Kier alpha value is -0.440. The first kappa shape index (κ1) is 5.69. The molecular weight excluding hydrogens is 107 g/mol. The molecule has 0 aromatic heterocycles. The summed E-state index contributed by atoms with van der Waals surface area (Å²) in [4.78, 5) is 3.77. The molecule has 0 aromatic rings. The van der Waals surface area contributed by atoms with Crippen molar-refractivity contribution in [3.63, 3.8) is 0 Å². The van der Waals surface area contributed by atoms with Gasteiger partial charge in [0, 0.05) is 12.6 Å². The molecule has 1 aliphatic heterocycles. The summed E-state index contributed by atoms with van der Waals surface area (Å²) in [6.45, 7) is 0.249. The zero-order valence-electron chi connectivity index (χ0n) is 4.60. The van der Waals surface area contributed by atoms with Crippen LogP contribution >= 0.6 is 0 Å². The molecule has 3 heteroatoms. The minimum absolute atomic E-state index is 0.345. The van der Waals surface area contributed by atoms with Crippen LogP contribution in [-0.2, 0) is 0 Å². The molecule has 0 fully saturated rings. The number of rotatable bonds is 2. The molecule has 1 rings (SSSR count). The van der Waals surface area contributed by atoms with Gasteiger partial charge in [0.2, 0.25) is 0 Å². The lowest BCUT2D eigenvalue weighted by molar-refractivity contribution is 0.395. The molecule has 0 bridgehead atoms. The number of halogens is 1. The topological polar surface area (TPSA) is 38.4 Å². The van der Waals surface area contributed by atoms with Gasteiger partial charge in [0.25, 0.3) is 0 Å². The number of aliphatic imine (C=N–C) groups is 1. The zero-order chi connectivity index (χ0) is 6.04. The molecule has 0 saturated heterocycles. The maximum absolute atomic E-state index is 11.6. The van der Waals surface area contributed by atoms with E-state index in [0.29, 0.717) is 13.0 Å². The fourth-order valence-electron chi connectivity index (χ4n) is 0.645. The molecule has 1 heterocycles. The van der Waals surface area contributed by atoms with Gasteiger partial charge in [-0.25, -0.2) is 0 Å². The fourth-order valence-corrected chi connectivity index (χ4v) is 0.645. The van der Waals surface area contributed by atoms with Gasteiger partial charge in [0.1, 0.15) is 0 Å². The molecule has 0 aliphatic carbocycles. The van der Waals surface area contributed by atoms with Crippen molar-refractivity contribution < 1.29 is 4.39 Å². The Morgan fingerprint density at radius 2 is 2.50 bits per heavy atom. The highest BCUT2D eigenvalue weighted by molar-refractivity contribution is 5.75. The Labute approximate surface area is 47.6 Å². The lowest BCUT2D eigenvalue weighted by Gasteiger charge is -2.28. The Bertz CT molecular complexity index is 113. The minimum atomic E-state index is -0.394. The van der Waals surface area contributed by atoms with Crippen molar-refractivity contribution in [2.75, 3.05) is 13.2 Å². The van der Waals surface area contributed by atoms with E-state index >= 15 is 0 Å². The molecule has 0 amide bonds. The Kier molecular flexibility index (Phi) is 1.29. The summed E-state index contributed by atoms with van der Waals surface area (Å²) in [7, 11) is 0. The smallest absolute Gasteiger partial charge is 0.0916 e. The third-order valence-corrected chi connectivity index (χ3v) is 1.29. The van der Waals surface area contributed by atoms with Gasteiger partial charge in [-0.3, -0.25) is 9.38 Å². The van der Waals surface area contributed by atoms with E-state index in [1.807, 2.05) is 0 Å². The molecule has 8 heavy (non-hydrogen) atoms. The summed E-state index contributed by atoms with van der Waals surface area (Å²) in [5.41, 5.74) is 5.13. The molecule has 46 valence electrons. The summed E-state index contributed by atoms with van der Waals surface area (Å²) in [6.07, 6.45) is 2.03. The van der Waals surface area contributed by atoms with Gasteiger partial charge in [-0.05, 0) is 0 Å². The average Bonchev–Trinajstić information content (AvgIpc) is 1.64. The quantitative estimate of drug-likeness (QED) is 0.547. The van der Waals surface area contributed by atoms with E-state index in [1.165, 1.54) is 0 Å². The monoisotopic (exact) mass is 116 g/mol. The van der Waals surface area contributed by atoms with Crippen molar-refractivity contribution in [3.8, 4) is 0 Å². The van der Waals surface area contributed by atoms with E-state index in [-0.39, 0.29) is 6.67 Å². The maximum Gasteiger partial charge on any atom is 0.0916 e. The van der Waals surface area contributed by atoms with Crippen LogP contribution in [0.4, 0.5) is 4.39 Å². The first-order chi connectivity index (χ1) is 3.77. The predicted molar refractivity (Wildman–Crippen MR) is 30.9 cm³/mol. The summed E-state index contributed by atoms with van der Waals surface area (Å²) in [6, 6.07) is 0. The van der Waals surface area contributed by atoms with Crippen LogP contribution in [0, 0.1) is 0 Å². The van der Waals surface area contributed by atoms with E-state index in [9.17, 15) is 4.39 Å². The van der Waals surface area contributed by atoms with Gasteiger partial charge in [0.05, 0.1) is 18.8 Å². The van der Waals surface area contributed by atoms with Crippen molar-refractivity contribution >= 4 is 6.21 Å². The molecule has 0 radical (unpaired) electrons. The highest BCUT2D eigenvalue weighted by Gasteiger charge is 2.27. The van der Waals surface area contributed by atoms with Gasteiger partial charge in [-0.15, -0.1) is 0 Å². The Balaban J connectivity index is 2.32. The lowest BCUT2D eigenvalue weighted by Crippen LogP contribution is -2.50. The van der Waals surface area contributed by atoms with E-state index in [0.717, 1.165) is 0 Å². The highest BCUT2D eigenvalue weighted by atomic mass is 19.1. The third kappa shape index (κ3) is 0.865. The number of hydrogen-bond donors (Lipinski definition) is 1. The first-order valence-electron chi connectivity index (χ1n) is 2.63. The van der Waals surface area contributed by atoms with Crippen molar-refractivity contribution in [1.82, 2.24) is 0 Å². The molecule has 2 N–H and O–H groups in total. The van der Waals surface area contributed by atoms with E-state index in [4.69, 9.17) is 5.73 Å². The van der Waals surface area contributed by atoms with Gasteiger partial charge < -0.3 is 5.73 Å². The second-order valence-electron chi connectivity index (χ2n) is 2.14. The molecule has 0 aromatic carbocycles. The SMILES string of the molecule is NC1(CCF)C=NC1. The van der Waals surface area contributed by atoms with Crippen molar-refractivity contribution in [2.24, 2.45) is 10.7 Å². The molecule has 2 nitrogen and oxygen atoms in total. The predicted octanol–water partition coefficient (Wildman–Crippen LogP) is 0.128. The molecular formula is C5H9FN2. The summed E-state index contributed by atoms with van der Waals surface area (Å²) >= 11 is 0. The number of hydrogen-bond acceptors (Lipinski definition) is 2. The maximum atomic E-state index is 11.6. The van der Waals surface area contributed by atoms with Crippen LogP contribution in [0.3, 0.4) is 0 Å². The standard InChI is InChI=1S/C5H9FN2/c6-2-1-5(7)3-8-4-5/h3H,1-2,4,7H2. The van der Waals surface area contributed by atoms with Crippen molar-refractivity contribution in [2.45, 2.75) is 12.0 Å². The molecule has 1 atom stereocenters. The number of alkyl halides is 1. The van der Waals surface area contributed by atoms with Gasteiger partial charge in [0.15, 0.2) is 0 Å². The van der Waals surface area contributed by atoms with Crippen molar-refractivity contribution in [3.05, 3.63) is 0 Å². The van der Waals surface area contributed by atoms with Crippen LogP contribution in [0.1, 0.15) is 6.42 Å². The average molecular weight is 116 g/mol. The largest absolute Gasteiger partial charge is 0.319 e. The third-order valence-electron chi connectivity index (χ3n) is 1.29. The van der Waals surface area contributed by atoms with Gasteiger partial charge >= 0.3 is 0 Å². The first-order valence-corrected chi connectivity index (χ1v) is 2.63. The van der Waals surface area contributed by atoms with E-state index in [1.54, 1.807) is 6.21 Å². The minimum Gasteiger partial charge on any atom is -0.319 e. The normalized spacial score (nSPS) is 34.8. The van der Waals surface area contributed by atoms with Crippen molar-refractivity contribution in [1.29, 1.82) is 0 Å². The molecule has 0 spiro atoms. The highest BCUT2D eigenvalue weighted by Crippen LogP contribution is 2.11. The van der Waals surface area contributed by atoms with Gasteiger partial charge in [-0.1, -0.05) is 0 Å². The van der Waals surface area contributed by atoms with Crippen LogP contribution in [0.2, 0.25) is 0 Å². The molecule has 1 unspecified atom stereocenters. The van der Waals surface area contributed by atoms with Crippen LogP contribution in [0.25, 0.3) is 0 Å². The Morgan fingerprint density at radius 3 is 2.62 bits per heavy atom. The summed E-state index contributed by atoms with van der Waals surface area (Å²) < 4.78 is 11.6. The fraction of sp³-hybridized carbons (Fsp3) is 0.800. The van der Waals surface area contributed by atoms with Crippen LogP contribution in [-0.4, -0.2) is 25.0 Å². The second-order valence-corrected chi connectivity index (χ2v) is 2.14. The second kappa shape index (κ2) is 1.82. The molecule has 0 saturated carbocycles.